The fourth-order valence-corrected chi connectivity index (χ4v) is 5.47. The zero-order chi connectivity index (χ0) is 21.4. The first-order valence-electron chi connectivity index (χ1n) is 10.7. The number of aromatic nitrogens is 2. The van der Waals surface area contributed by atoms with Crippen molar-refractivity contribution in [3.63, 3.8) is 0 Å². The number of nitrogens with zero attached hydrogens (tertiary/aromatic N) is 5. The van der Waals surface area contributed by atoms with Crippen molar-refractivity contribution in [3.8, 4) is 0 Å². The fourth-order valence-electron chi connectivity index (χ4n) is 4.74. The summed E-state index contributed by atoms with van der Waals surface area (Å²) < 4.78 is 0. The van der Waals surface area contributed by atoms with E-state index in [1.807, 2.05) is 27.3 Å². The number of carbonyl (C=O) groups is 2. The molecule has 0 saturated carbocycles. The quantitative estimate of drug-likeness (QED) is 0.633. The molecular weight excluding hydrogens is 410 g/mol. The summed E-state index contributed by atoms with van der Waals surface area (Å²) in [5, 5.41) is 3.11. The van der Waals surface area contributed by atoms with Gasteiger partial charge in [-0.15, -0.1) is 11.3 Å². The number of hydrogen-bond acceptors (Lipinski definition) is 6. The molecule has 0 N–H and O–H groups in total. The lowest BCUT2D eigenvalue weighted by Crippen LogP contribution is -2.50. The Labute approximate surface area is 185 Å². The summed E-state index contributed by atoms with van der Waals surface area (Å²) in [5.74, 6) is 1.08. The molecule has 0 bridgehead atoms. The first-order chi connectivity index (χ1) is 15.1. The molecular formula is C23H25N5O2S. The first kappa shape index (κ1) is 19.9. The molecule has 7 nitrogen and oxygen atoms in total. The number of amides is 2. The molecule has 3 aromatic rings. The van der Waals surface area contributed by atoms with Gasteiger partial charge in [-0.25, -0.2) is 9.97 Å². The second-order valence-corrected chi connectivity index (χ2v) is 8.98. The number of fused-ring (bicyclic) bond motifs is 2. The SMILES string of the molecule is CC(=O)N1CCc2ccccc2C1CC(=O)N1CCN(c2ncnc3sccc23)CC1. The van der Waals surface area contributed by atoms with E-state index >= 15 is 0 Å². The highest BCUT2D eigenvalue weighted by atomic mass is 32.1. The second-order valence-electron chi connectivity index (χ2n) is 8.09. The summed E-state index contributed by atoms with van der Waals surface area (Å²) in [4.78, 5) is 41.3. The molecule has 160 valence electrons. The van der Waals surface area contributed by atoms with Crippen molar-refractivity contribution in [1.82, 2.24) is 19.8 Å². The van der Waals surface area contributed by atoms with Crippen LogP contribution in [-0.4, -0.2) is 64.3 Å². The van der Waals surface area contributed by atoms with Crippen LogP contribution in [0.3, 0.4) is 0 Å². The minimum Gasteiger partial charge on any atom is -0.352 e. The Bertz CT molecular complexity index is 1120. The van der Waals surface area contributed by atoms with Gasteiger partial charge in [0.2, 0.25) is 11.8 Å². The summed E-state index contributed by atoms with van der Waals surface area (Å²) in [6, 6.07) is 10.1. The maximum atomic E-state index is 13.2. The van der Waals surface area contributed by atoms with Gasteiger partial charge in [-0.05, 0) is 29.0 Å². The molecule has 31 heavy (non-hydrogen) atoms. The second kappa shape index (κ2) is 8.26. The highest BCUT2D eigenvalue weighted by molar-refractivity contribution is 7.16. The van der Waals surface area contributed by atoms with Crippen LogP contribution in [0.4, 0.5) is 5.82 Å². The molecule has 2 amide bonds. The van der Waals surface area contributed by atoms with E-state index in [0.717, 1.165) is 41.1 Å². The summed E-state index contributed by atoms with van der Waals surface area (Å²) in [5.41, 5.74) is 2.35. The van der Waals surface area contributed by atoms with Crippen LogP contribution in [-0.2, 0) is 16.0 Å². The average molecular weight is 436 g/mol. The summed E-state index contributed by atoms with van der Waals surface area (Å²) >= 11 is 1.61. The molecule has 0 radical (unpaired) electrons. The van der Waals surface area contributed by atoms with Gasteiger partial charge in [-0.2, -0.15) is 0 Å². The Hall–Kier alpha value is -3.00. The van der Waals surface area contributed by atoms with Crippen LogP contribution >= 0.6 is 11.3 Å². The van der Waals surface area contributed by atoms with Gasteiger partial charge in [-0.3, -0.25) is 9.59 Å². The van der Waals surface area contributed by atoms with Crippen molar-refractivity contribution >= 4 is 39.2 Å². The van der Waals surface area contributed by atoms with Crippen LogP contribution in [0.1, 0.15) is 30.5 Å². The number of rotatable bonds is 3. The molecule has 2 aliphatic heterocycles. The van der Waals surface area contributed by atoms with Crippen molar-refractivity contribution in [2.24, 2.45) is 0 Å². The molecule has 1 aromatic carbocycles. The van der Waals surface area contributed by atoms with E-state index in [0.29, 0.717) is 26.1 Å². The number of benzene rings is 1. The lowest BCUT2D eigenvalue weighted by atomic mass is 9.90. The molecule has 1 atom stereocenters. The summed E-state index contributed by atoms with van der Waals surface area (Å²) in [6.45, 7) is 5.06. The zero-order valence-electron chi connectivity index (χ0n) is 17.5. The molecule has 1 saturated heterocycles. The summed E-state index contributed by atoms with van der Waals surface area (Å²) in [6.07, 6.45) is 2.79. The van der Waals surface area contributed by atoms with Crippen LogP contribution in [0.15, 0.2) is 42.0 Å². The van der Waals surface area contributed by atoms with Crippen LogP contribution in [0, 0.1) is 0 Å². The monoisotopic (exact) mass is 435 g/mol. The number of hydrogen-bond donors (Lipinski definition) is 0. The molecule has 4 heterocycles. The normalized spacial score (nSPS) is 18.9. The highest BCUT2D eigenvalue weighted by Crippen LogP contribution is 2.33. The standard InChI is InChI=1S/C23H25N5O2S/c1-16(29)28-8-6-17-4-2-3-5-18(17)20(28)14-21(30)26-9-11-27(12-10-26)22-19-7-13-31-23(19)25-15-24-22/h2-5,7,13,15,20H,6,8-12,14H2,1H3. The maximum Gasteiger partial charge on any atom is 0.225 e. The van der Waals surface area contributed by atoms with Crippen LogP contribution in [0.2, 0.25) is 0 Å². The molecule has 0 spiro atoms. The molecule has 5 rings (SSSR count). The van der Waals surface area contributed by atoms with Crippen molar-refractivity contribution in [1.29, 1.82) is 0 Å². The van der Waals surface area contributed by atoms with Crippen molar-refractivity contribution < 1.29 is 9.59 Å². The lowest BCUT2D eigenvalue weighted by molar-refractivity contribution is -0.136. The Kier molecular flexibility index (Phi) is 5.31. The van der Waals surface area contributed by atoms with Gasteiger partial charge >= 0.3 is 0 Å². The fraction of sp³-hybridized carbons (Fsp3) is 0.391. The number of carbonyl (C=O) groups excluding carboxylic acids is 2. The van der Waals surface area contributed by atoms with Gasteiger partial charge in [0.1, 0.15) is 17.0 Å². The van der Waals surface area contributed by atoms with Gasteiger partial charge in [0.15, 0.2) is 0 Å². The molecule has 1 fully saturated rings. The number of anilines is 1. The number of piperazine rings is 1. The molecule has 2 aliphatic rings. The van der Waals surface area contributed by atoms with Gasteiger partial charge in [0, 0.05) is 39.6 Å². The van der Waals surface area contributed by atoms with Gasteiger partial charge in [-0.1, -0.05) is 24.3 Å². The van der Waals surface area contributed by atoms with Crippen LogP contribution in [0.5, 0.6) is 0 Å². The molecule has 1 unspecified atom stereocenters. The van der Waals surface area contributed by atoms with Crippen LogP contribution in [0.25, 0.3) is 10.2 Å². The Morgan fingerprint density at radius 2 is 1.87 bits per heavy atom. The predicted molar refractivity (Wildman–Crippen MR) is 121 cm³/mol. The minimum absolute atomic E-state index is 0.0284. The molecule has 2 aromatic heterocycles. The van der Waals surface area contributed by atoms with E-state index in [2.05, 4.69) is 33.1 Å². The Balaban J connectivity index is 1.28. The number of thiophene rings is 1. The van der Waals surface area contributed by atoms with Crippen molar-refractivity contribution in [3.05, 3.63) is 53.2 Å². The van der Waals surface area contributed by atoms with Crippen molar-refractivity contribution in [2.75, 3.05) is 37.6 Å². The van der Waals surface area contributed by atoms with E-state index in [4.69, 9.17) is 0 Å². The van der Waals surface area contributed by atoms with Gasteiger partial charge < -0.3 is 14.7 Å². The first-order valence-corrected chi connectivity index (χ1v) is 11.6. The van der Waals surface area contributed by atoms with Crippen molar-refractivity contribution in [2.45, 2.75) is 25.8 Å². The molecule has 0 aliphatic carbocycles. The average Bonchev–Trinajstić information content (AvgIpc) is 3.28. The van der Waals surface area contributed by atoms with E-state index in [-0.39, 0.29) is 17.9 Å². The largest absolute Gasteiger partial charge is 0.352 e. The van der Waals surface area contributed by atoms with Gasteiger partial charge in [0.05, 0.1) is 17.8 Å². The molecule has 8 heteroatoms. The maximum absolute atomic E-state index is 13.2. The van der Waals surface area contributed by atoms with E-state index < -0.39 is 0 Å². The third kappa shape index (κ3) is 3.76. The summed E-state index contributed by atoms with van der Waals surface area (Å²) in [7, 11) is 0. The predicted octanol–water partition coefficient (Wildman–Crippen LogP) is 2.88. The Morgan fingerprint density at radius 3 is 2.68 bits per heavy atom. The third-order valence-corrected chi connectivity index (χ3v) is 7.18. The Morgan fingerprint density at radius 1 is 1.06 bits per heavy atom. The van der Waals surface area contributed by atoms with Crippen LogP contribution < -0.4 is 4.90 Å². The lowest BCUT2D eigenvalue weighted by Gasteiger charge is -2.39. The zero-order valence-corrected chi connectivity index (χ0v) is 18.3. The van der Waals surface area contributed by atoms with E-state index in [1.54, 1.807) is 24.6 Å². The topological polar surface area (TPSA) is 69.6 Å². The smallest absolute Gasteiger partial charge is 0.225 e. The van der Waals surface area contributed by atoms with Gasteiger partial charge in [0.25, 0.3) is 0 Å². The minimum atomic E-state index is -0.180. The van der Waals surface area contributed by atoms with E-state index in [1.165, 1.54) is 5.56 Å². The third-order valence-electron chi connectivity index (χ3n) is 6.36. The highest BCUT2D eigenvalue weighted by Gasteiger charge is 2.33. The van der Waals surface area contributed by atoms with E-state index in [9.17, 15) is 9.59 Å².